The van der Waals surface area contributed by atoms with Crippen LogP contribution in [0, 0.1) is 5.92 Å². The van der Waals surface area contributed by atoms with Gasteiger partial charge in [-0.05, 0) is 60.9 Å². The fraction of sp³-hybridized carbons (Fsp3) is 0.294. The molecule has 1 aromatic heterocycles. The molecule has 3 aromatic carbocycles. The van der Waals surface area contributed by atoms with Crippen molar-refractivity contribution in [2.75, 3.05) is 23.9 Å². The third kappa shape index (κ3) is 5.27. The van der Waals surface area contributed by atoms with Gasteiger partial charge < -0.3 is 24.8 Å². The molecule has 226 valence electrons. The third-order valence-electron chi connectivity index (χ3n) is 8.47. The Morgan fingerprint density at radius 3 is 2.70 bits per heavy atom. The summed E-state index contributed by atoms with van der Waals surface area (Å²) >= 11 is 0. The minimum Gasteiger partial charge on any atom is -0.497 e. The molecule has 4 aromatic rings. The van der Waals surface area contributed by atoms with E-state index < -0.39 is 11.7 Å². The molecule has 0 aliphatic carbocycles. The molecule has 0 unspecified atom stereocenters. The number of anilines is 2. The summed E-state index contributed by atoms with van der Waals surface area (Å²) in [6.45, 7) is 6.74. The molecular formula is C34H35N5O5. The molecule has 44 heavy (non-hydrogen) atoms. The average Bonchev–Trinajstić information content (AvgIpc) is 3.72. The van der Waals surface area contributed by atoms with E-state index in [0.717, 1.165) is 16.8 Å². The van der Waals surface area contributed by atoms with E-state index in [1.54, 1.807) is 59.3 Å². The number of aliphatic hydroxyl groups excluding tert-OH is 1. The molecule has 1 saturated heterocycles. The molecule has 2 N–H and O–H groups in total. The number of aliphatic hydroxyl groups is 1. The van der Waals surface area contributed by atoms with Crippen LogP contribution in [-0.2, 0) is 21.7 Å². The number of carbonyl (C=O) groups excluding carboxylic acids is 2. The lowest BCUT2D eigenvalue weighted by atomic mass is 9.82. The summed E-state index contributed by atoms with van der Waals surface area (Å²) in [7, 11) is 1.58. The molecule has 3 heterocycles. The van der Waals surface area contributed by atoms with Gasteiger partial charge in [0.2, 0.25) is 0 Å². The van der Waals surface area contributed by atoms with Crippen LogP contribution in [-0.4, -0.2) is 51.7 Å². The van der Waals surface area contributed by atoms with Gasteiger partial charge in [-0.1, -0.05) is 48.5 Å². The van der Waals surface area contributed by atoms with Crippen molar-refractivity contribution in [3.63, 3.8) is 0 Å². The number of nitrogens with zero attached hydrogens (tertiary/aromatic N) is 4. The van der Waals surface area contributed by atoms with E-state index in [4.69, 9.17) is 9.47 Å². The Kier molecular flexibility index (Phi) is 8.03. The smallest absolute Gasteiger partial charge is 0.264 e. The van der Waals surface area contributed by atoms with E-state index in [2.05, 4.69) is 22.2 Å². The molecule has 1 fully saturated rings. The summed E-state index contributed by atoms with van der Waals surface area (Å²) in [6, 6.07) is 21.7. The molecule has 0 bridgehead atoms. The number of aromatic nitrogens is 3. The Morgan fingerprint density at radius 1 is 1.20 bits per heavy atom. The molecular weight excluding hydrogens is 558 g/mol. The van der Waals surface area contributed by atoms with Crippen LogP contribution in [0.4, 0.5) is 11.4 Å². The predicted octanol–water partition coefficient (Wildman–Crippen LogP) is 4.86. The minimum atomic E-state index is -1.18. The van der Waals surface area contributed by atoms with E-state index in [1.807, 2.05) is 49.4 Å². The van der Waals surface area contributed by atoms with Crippen molar-refractivity contribution in [1.82, 2.24) is 15.0 Å². The highest BCUT2D eigenvalue weighted by Crippen LogP contribution is 2.54. The van der Waals surface area contributed by atoms with Gasteiger partial charge in [-0.25, -0.2) is 0 Å². The van der Waals surface area contributed by atoms with Gasteiger partial charge in [0.05, 0.1) is 25.1 Å². The molecule has 6 rings (SSSR count). The molecule has 2 aliphatic heterocycles. The number of amides is 2. The number of hydrogen-bond acceptors (Lipinski definition) is 7. The van der Waals surface area contributed by atoms with Gasteiger partial charge in [0.1, 0.15) is 17.5 Å². The number of benzene rings is 3. The highest BCUT2D eigenvalue weighted by Gasteiger charge is 2.60. The molecule has 10 nitrogen and oxygen atoms in total. The first-order chi connectivity index (χ1) is 21.3. The Labute approximate surface area is 255 Å². The first-order valence-electron chi connectivity index (χ1n) is 14.7. The van der Waals surface area contributed by atoms with E-state index in [-0.39, 0.29) is 23.8 Å². The summed E-state index contributed by atoms with van der Waals surface area (Å²) in [4.78, 5) is 28.7. The van der Waals surface area contributed by atoms with E-state index >= 15 is 0 Å². The van der Waals surface area contributed by atoms with Crippen molar-refractivity contribution in [3.05, 3.63) is 114 Å². The van der Waals surface area contributed by atoms with Gasteiger partial charge in [-0.3, -0.25) is 14.3 Å². The van der Waals surface area contributed by atoms with Gasteiger partial charge in [0, 0.05) is 35.8 Å². The van der Waals surface area contributed by atoms with Gasteiger partial charge in [-0.15, -0.1) is 11.7 Å². The van der Waals surface area contributed by atoms with Crippen LogP contribution in [0.15, 0.2) is 91.6 Å². The number of nitrogens with one attached hydrogen (secondary N) is 1. The van der Waals surface area contributed by atoms with Crippen LogP contribution < -0.4 is 15.0 Å². The van der Waals surface area contributed by atoms with Gasteiger partial charge >= 0.3 is 0 Å². The van der Waals surface area contributed by atoms with Crippen molar-refractivity contribution in [2.24, 2.45) is 5.92 Å². The average molecular weight is 594 g/mol. The van der Waals surface area contributed by atoms with Gasteiger partial charge in [0.25, 0.3) is 11.8 Å². The normalized spacial score (nSPS) is 21.3. The number of fused-ring (bicyclic) bond motifs is 2. The zero-order valence-corrected chi connectivity index (χ0v) is 24.7. The zero-order chi connectivity index (χ0) is 30.8. The molecule has 1 spiro atoms. The second-order valence-corrected chi connectivity index (χ2v) is 11.2. The van der Waals surface area contributed by atoms with Crippen molar-refractivity contribution in [3.8, 4) is 5.75 Å². The molecule has 10 heteroatoms. The maximum atomic E-state index is 14.0. The first kappa shape index (κ1) is 29.3. The minimum absolute atomic E-state index is 0.118. The zero-order valence-electron chi connectivity index (χ0n) is 24.7. The van der Waals surface area contributed by atoms with E-state index in [0.29, 0.717) is 48.6 Å². The molecule has 2 aliphatic rings. The second-order valence-electron chi connectivity index (χ2n) is 11.2. The maximum Gasteiger partial charge on any atom is 0.264 e. The van der Waals surface area contributed by atoms with Gasteiger partial charge in [0.15, 0.2) is 5.60 Å². The first-order valence-corrected chi connectivity index (χ1v) is 14.7. The van der Waals surface area contributed by atoms with Crippen LogP contribution in [0.3, 0.4) is 0 Å². The maximum absolute atomic E-state index is 14.0. The van der Waals surface area contributed by atoms with Crippen LogP contribution in [0.5, 0.6) is 5.75 Å². The van der Waals surface area contributed by atoms with Crippen molar-refractivity contribution in [1.29, 1.82) is 0 Å². The fourth-order valence-corrected chi connectivity index (χ4v) is 6.21. The summed E-state index contributed by atoms with van der Waals surface area (Å²) < 4.78 is 13.6. The standard InChI is InChI=1S/C34H35N5O5/c1-4-17-39-30-15-12-25(35-32(41)24-10-13-26(43-3)14-11-24)20-28(30)34(33(39)42)22(2)19-27(44-34)16-18-38-21-29(36-37-38)31(40)23-8-6-5-7-9-23/h4-15,20-22,27,31,40H,1,16-19H2,2-3H3,(H,35,41)/t22-,27+,31+,34+/m0/s1. The quantitative estimate of drug-likeness (QED) is 0.252. The summed E-state index contributed by atoms with van der Waals surface area (Å²) in [5, 5.41) is 22.0. The number of rotatable bonds is 10. The van der Waals surface area contributed by atoms with Crippen LogP contribution in [0.25, 0.3) is 0 Å². The summed E-state index contributed by atoms with van der Waals surface area (Å²) in [5.74, 6) is 0.150. The monoisotopic (exact) mass is 593 g/mol. The van der Waals surface area contributed by atoms with Crippen molar-refractivity contribution in [2.45, 2.75) is 44.1 Å². The number of hydrogen-bond donors (Lipinski definition) is 2. The number of carbonyl (C=O) groups is 2. The lowest BCUT2D eigenvalue weighted by molar-refractivity contribution is -0.145. The van der Waals surface area contributed by atoms with E-state index in [1.165, 1.54) is 0 Å². The molecule has 4 atom stereocenters. The molecule has 0 radical (unpaired) electrons. The second kappa shape index (κ2) is 12.1. The number of aryl methyl sites for hydroxylation is 1. The number of ether oxygens (including phenoxy) is 2. The predicted molar refractivity (Wildman–Crippen MR) is 165 cm³/mol. The van der Waals surface area contributed by atoms with Crippen molar-refractivity contribution < 1.29 is 24.2 Å². The summed E-state index contributed by atoms with van der Waals surface area (Å²) in [5.41, 5.74) is 2.59. The van der Waals surface area contributed by atoms with E-state index in [9.17, 15) is 14.7 Å². The lowest BCUT2D eigenvalue weighted by Crippen LogP contribution is -2.44. The van der Waals surface area contributed by atoms with Crippen LogP contribution in [0.1, 0.15) is 53.0 Å². The Morgan fingerprint density at radius 2 is 1.98 bits per heavy atom. The summed E-state index contributed by atoms with van der Waals surface area (Å²) in [6.07, 6.45) is 3.64. The van der Waals surface area contributed by atoms with Crippen LogP contribution >= 0.6 is 0 Å². The Balaban J connectivity index is 1.20. The lowest BCUT2D eigenvalue weighted by Gasteiger charge is -2.28. The fourth-order valence-electron chi connectivity index (χ4n) is 6.21. The molecule has 0 saturated carbocycles. The highest BCUT2D eigenvalue weighted by molar-refractivity contribution is 6.09. The Hall–Kier alpha value is -4.80. The van der Waals surface area contributed by atoms with Crippen LogP contribution in [0.2, 0.25) is 0 Å². The third-order valence-corrected chi connectivity index (χ3v) is 8.47. The van der Waals surface area contributed by atoms with Gasteiger partial charge in [-0.2, -0.15) is 0 Å². The topological polar surface area (TPSA) is 119 Å². The SMILES string of the molecule is C=CCN1C(=O)[C@]2(O[C@H](CCn3cc([C@H](O)c4ccccc4)nn3)C[C@@H]2C)c2cc(NC(=O)c3ccc(OC)cc3)ccc21. The number of methoxy groups -OCH3 is 1. The molecule has 2 amide bonds. The highest BCUT2D eigenvalue weighted by atomic mass is 16.5. The Bertz CT molecular complexity index is 1670. The largest absolute Gasteiger partial charge is 0.497 e. The van der Waals surface area contributed by atoms with Crippen molar-refractivity contribution >= 4 is 23.2 Å².